The molecule has 1 N–H and O–H groups in total. The second-order valence-electron chi connectivity index (χ2n) is 4.31. The molecule has 3 nitrogen and oxygen atoms in total. The summed E-state index contributed by atoms with van der Waals surface area (Å²) in [5, 5.41) is 3.43. The van der Waals surface area contributed by atoms with Gasteiger partial charge in [0.25, 0.3) is 0 Å². The maximum absolute atomic E-state index is 4.32. The Kier molecular flexibility index (Phi) is 3.47. The topological polar surface area (TPSA) is 29.9 Å². The minimum absolute atomic E-state index is 0.267. The SMILES string of the molecule is CCn1ccnc1NC(C)c1ccc(C)cc1. The van der Waals surface area contributed by atoms with Crippen molar-refractivity contribution >= 4 is 5.95 Å². The number of aromatic nitrogens is 2. The molecule has 0 amide bonds. The fraction of sp³-hybridized carbons (Fsp3) is 0.357. The van der Waals surface area contributed by atoms with Gasteiger partial charge in [-0.05, 0) is 26.3 Å². The zero-order valence-corrected chi connectivity index (χ0v) is 10.6. The third-order valence-corrected chi connectivity index (χ3v) is 2.98. The molecule has 0 aliphatic rings. The van der Waals surface area contributed by atoms with E-state index in [2.05, 4.69) is 59.9 Å². The molecule has 0 aliphatic carbocycles. The summed E-state index contributed by atoms with van der Waals surface area (Å²) in [5.41, 5.74) is 2.57. The molecule has 1 aromatic heterocycles. The van der Waals surface area contributed by atoms with Crippen LogP contribution in [-0.4, -0.2) is 9.55 Å². The van der Waals surface area contributed by atoms with Gasteiger partial charge >= 0.3 is 0 Å². The Labute approximate surface area is 103 Å². The highest BCUT2D eigenvalue weighted by Gasteiger charge is 2.08. The fourth-order valence-corrected chi connectivity index (χ4v) is 1.84. The van der Waals surface area contributed by atoms with Crippen LogP contribution in [0, 0.1) is 6.92 Å². The van der Waals surface area contributed by atoms with Crippen LogP contribution in [0.15, 0.2) is 36.7 Å². The van der Waals surface area contributed by atoms with Gasteiger partial charge in [-0.15, -0.1) is 0 Å². The van der Waals surface area contributed by atoms with Crippen molar-refractivity contribution in [1.29, 1.82) is 0 Å². The quantitative estimate of drug-likeness (QED) is 0.871. The molecule has 0 fully saturated rings. The van der Waals surface area contributed by atoms with E-state index in [1.54, 1.807) is 0 Å². The number of imidazole rings is 1. The largest absolute Gasteiger partial charge is 0.349 e. The van der Waals surface area contributed by atoms with Crippen molar-refractivity contribution in [2.45, 2.75) is 33.4 Å². The molecule has 0 bridgehead atoms. The van der Waals surface area contributed by atoms with Crippen LogP contribution in [0.3, 0.4) is 0 Å². The van der Waals surface area contributed by atoms with E-state index in [0.717, 1.165) is 12.5 Å². The van der Waals surface area contributed by atoms with E-state index in [1.165, 1.54) is 11.1 Å². The minimum Gasteiger partial charge on any atom is -0.349 e. The first-order valence-electron chi connectivity index (χ1n) is 6.05. The van der Waals surface area contributed by atoms with E-state index in [9.17, 15) is 0 Å². The number of nitrogens with one attached hydrogen (secondary N) is 1. The Hall–Kier alpha value is -1.77. The Morgan fingerprint density at radius 1 is 1.29 bits per heavy atom. The van der Waals surface area contributed by atoms with E-state index in [1.807, 2.05) is 12.4 Å². The predicted octanol–water partition coefficient (Wildman–Crippen LogP) is 3.38. The third kappa shape index (κ3) is 2.67. The summed E-state index contributed by atoms with van der Waals surface area (Å²) < 4.78 is 2.10. The van der Waals surface area contributed by atoms with Crippen LogP contribution < -0.4 is 5.32 Å². The molecule has 0 saturated heterocycles. The van der Waals surface area contributed by atoms with Crippen LogP contribution in [-0.2, 0) is 6.54 Å². The maximum atomic E-state index is 4.32. The summed E-state index contributed by atoms with van der Waals surface area (Å²) in [5.74, 6) is 0.931. The number of aryl methyl sites for hydroxylation is 2. The van der Waals surface area contributed by atoms with Crippen molar-refractivity contribution in [3.63, 3.8) is 0 Å². The molecule has 0 spiro atoms. The Morgan fingerprint density at radius 2 is 2.00 bits per heavy atom. The lowest BCUT2D eigenvalue weighted by Gasteiger charge is -2.16. The molecule has 2 rings (SSSR count). The molecule has 0 saturated carbocycles. The average molecular weight is 229 g/mol. The van der Waals surface area contributed by atoms with Crippen LogP contribution in [0.1, 0.15) is 31.0 Å². The second kappa shape index (κ2) is 5.04. The van der Waals surface area contributed by atoms with Crippen LogP contribution in [0.4, 0.5) is 5.95 Å². The normalized spacial score (nSPS) is 12.4. The first-order chi connectivity index (χ1) is 8.20. The maximum Gasteiger partial charge on any atom is 0.203 e. The standard InChI is InChI=1S/C14H19N3/c1-4-17-10-9-15-14(17)16-12(3)13-7-5-11(2)6-8-13/h5-10,12H,4H2,1-3H3,(H,15,16). The van der Waals surface area contributed by atoms with Crippen molar-refractivity contribution in [1.82, 2.24) is 9.55 Å². The smallest absolute Gasteiger partial charge is 0.203 e. The van der Waals surface area contributed by atoms with Crippen LogP contribution in [0.2, 0.25) is 0 Å². The number of hydrogen-bond donors (Lipinski definition) is 1. The Balaban J connectivity index is 2.11. The predicted molar refractivity (Wildman–Crippen MR) is 71.1 cm³/mol. The number of benzene rings is 1. The molecule has 2 aromatic rings. The zero-order chi connectivity index (χ0) is 12.3. The van der Waals surface area contributed by atoms with Gasteiger partial charge in [0.2, 0.25) is 5.95 Å². The summed E-state index contributed by atoms with van der Waals surface area (Å²) in [4.78, 5) is 4.32. The summed E-state index contributed by atoms with van der Waals surface area (Å²) in [6, 6.07) is 8.86. The summed E-state index contributed by atoms with van der Waals surface area (Å²) in [6.45, 7) is 7.30. The van der Waals surface area contributed by atoms with Crippen LogP contribution in [0.25, 0.3) is 0 Å². The summed E-state index contributed by atoms with van der Waals surface area (Å²) >= 11 is 0. The monoisotopic (exact) mass is 229 g/mol. The van der Waals surface area contributed by atoms with E-state index < -0.39 is 0 Å². The molecule has 90 valence electrons. The first kappa shape index (κ1) is 11.7. The molecule has 0 radical (unpaired) electrons. The number of anilines is 1. The van der Waals surface area contributed by atoms with Crippen LogP contribution >= 0.6 is 0 Å². The molecule has 1 unspecified atom stereocenters. The molecule has 1 aromatic carbocycles. The lowest BCUT2D eigenvalue weighted by atomic mass is 10.1. The van der Waals surface area contributed by atoms with Crippen molar-refractivity contribution in [2.24, 2.45) is 0 Å². The molecular formula is C14H19N3. The lowest BCUT2D eigenvalue weighted by Crippen LogP contribution is -2.11. The van der Waals surface area contributed by atoms with Gasteiger partial charge in [0, 0.05) is 18.9 Å². The second-order valence-corrected chi connectivity index (χ2v) is 4.31. The van der Waals surface area contributed by atoms with Crippen molar-refractivity contribution in [3.05, 3.63) is 47.8 Å². The third-order valence-electron chi connectivity index (χ3n) is 2.98. The molecule has 17 heavy (non-hydrogen) atoms. The van der Waals surface area contributed by atoms with Gasteiger partial charge in [0.15, 0.2) is 0 Å². The number of hydrogen-bond acceptors (Lipinski definition) is 2. The van der Waals surface area contributed by atoms with Gasteiger partial charge < -0.3 is 9.88 Å². The lowest BCUT2D eigenvalue weighted by molar-refractivity contribution is 0.744. The van der Waals surface area contributed by atoms with Gasteiger partial charge in [-0.25, -0.2) is 4.98 Å². The van der Waals surface area contributed by atoms with Gasteiger partial charge in [-0.2, -0.15) is 0 Å². The van der Waals surface area contributed by atoms with E-state index >= 15 is 0 Å². The van der Waals surface area contributed by atoms with E-state index in [-0.39, 0.29) is 6.04 Å². The molecular weight excluding hydrogens is 210 g/mol. The van der Waals surface area contributed by atoms with Crippen molar-refractivity contribution < 1.29 is 0 Å². The number of nitrogens with zero attached hydrogens (tertiary/aromatic N) is 2. The highest BCUT2D eigenvalue weighted by molar-refractivity contribution is 5.33. The van der Waals surface area contributed by atoms with Gasteiger partial charge in [0.05, 0.1) is 6.04 Å². The highest BCUT2D eigenvalue weighted by atomic mass is 15.2. The van der Waals surface area contributed by atoms with Gasteiger partial charge in [0.1, 0.15) is 0 Å². The average Bonchev–Trinajstić information content (AvgIpc) is 2.77. The Morgan fingerprint density at radius 3 is 2.65 bits per heavy atom. The zero-order valence-electron chi connectivity index (χ0n) is 10.6. The first-order valence-corrected chi connectivity index (χ1v) is 6.05. The highest BCUT2D eigenvalue weighted by Crippen LogP contribution is 2.18. The summed E-state index contributed by atoms with van der Waals surface area (Å²) in [7, 11) is 0. The van der Waals surface area contributed by atoms with E-state index in [4.69, 9.17) is 0 Å². The minimum atomic E-state index is 0.267. The van der Waals surface area contributed by atoms with Crippen molar-refractivity contribution in [2.75, 3.05) is 5.32 Å². The molecule has 1 atom stereocenters. The number of rotatable bonds is 4. The molecule has 0 aliphatic heterocycles. The van der Waals surface area contributed by atoms with Gasteiger partial charge in [-0.1, -0.05) is 29.8 Å². The Bertz CT molecular complexity index is 470. The van der Waals surface area contributed by atoms with Gasteiger partial charge in [-0.3, -0.25) is 0 Å². The van der Waals surface area contributed by atoms with E-state index in [0.29, 0.717) is 0 Å². The van der Waals surface area contributed by atoms with Crippen molar-refractivity contribution in [3.8, 4) is 0 Å². The molecule has 1 heterocycles. The summed E-state index contributed by atoms with van der Waals surface area (Å²) in [6.07, 6.45) is 3.82. The molecule has 3 heteroatoms. The van der Waals surface area contributed by atoms with Crippen LogP contribution in [0.5, 0.6) is 0 Å². The fourth-order valence-electron chi connectivity index (χ4n) is 1.84.